The molecule has 2 nitrogen and oxygen atoms in total. The Balaban J connectivity index is 0.000000147. The fourth-order valence-corrected chi connectivity index (χ4v) is 3.19. The second-order valence-electron chi connectivity index (χ2n) is 7.15. The van der Waals surface area contributed by atoms with Crippen molar-refractivity contribution >= 4 is 31.9 Å². The maximum atomic E-state index is 8.39. The summed E-state index contributed by atoms with van der Waals surface area (Å²) in [5.41, 5.74) is 0. The third-order valence-corrected chi connectivity index (χ3v) is 6.63. The van der Waals surface area contributed by atoms with Gasteiger partial charge in [-0.25, -0.2) is 0 Å². The third-order valence-electron chi connectivity index (χ3n) is 4.80. The number of hydrogen-bond acceptors (Lipinski definition) is 2. The molecule has 0 aliphatic heterocycles. The Morgan fingerprint density at radius 1 is 0.545 bits per heavy atom. The van der Waals surface area contributed by atoms with Crippen molar-refractivity contribution in [3.05, 3.63) is 0 Å². The smallest absolute Gasteiger partial charge is 0.0459 e. The minimum atomic E-state index is 0.417. The monoisotopic (exact) mass is 440 g/mol. The number of hydrogen-bond donors (Lipinski definition) is 2. The average Bonchev–Trinajstić information content (AvgIpc) is 3.29. The van der Waals surface area contributed by atoms with Crippen LogP contribution in [0.3, 0.4) is 0 Å². The first kappa shape index (κ1) is 20.9. The highest BCUT2D eigenvalue weighted by atomic mass is 79.9. The summed E-state index contributed by atoms with van der Waals surface area (Å²) in [4.78, 5) is 0. The molecule has 4 aliphatic carbocycles. The van der Waals surface area contributed by atoms with E-state index in [9.17, 15) is 0 Å². The number of halogens is 2. The highest BCUT2D eigenvalue weighted by Crippen LogP contribution is 2.30. The van der Waals surface area contributed by atoms with Gasteiger partial charge in [0, 0.05) is 23.9 Å². The van der Waals surface area contributed by atoms with E-state index < -0.39 is 0 Å². The minimum absolute atomic E-state index is 0.417. The molecule has 4 fully saturated rings. The van der Waals surface area contributed by atoms with Crippen molar-refractivity contribution in [3.8, 4) is 0 Å². The van der Waals surface area contributed by atoms with E-state index in [0.717, 1.165) is 11.8 Å². The quantitative estimate of drug-likeness (QED) is 0.592. The maximum Gasteiger partial charge on any atom is 0.0459 e. The Hall–Kier alpha value is 0.880. The molecule has 4 saturated carbocycles. The van der Waals surface area contributed by atoms with Crippen LogP contribution in [-0.4, -0.2) is 34.1 Å². The van der Waals surface area contributed by atoms with Gasteiger partial charge in [0.25, 0.3) is 0 Å². The third kappa shape index (κ3) is 11.4. The zero-order chi connectivity index (χ0) is 16.2. The van der Waals surface area contributed by atoms with Crippen molar-refractivity contribution in [2.24, 2.45) is 23.7 Å². The molecule has 0 unspecified atom stereocenters. The molecular formula is C18H34Br2O2. The number of aliphatic hydroxyl groups is 2. The molecule has 0 heterocycles. The van der Waals surface area contributed by atoms with Crippen LogP contribution < -0.4 is 0 Å². The van der Waals surface area contributed by atoms with E-state index in [4.69, 9.17) is 10.2 Å². The lowest BCUT2D eigenvalue weighted by atomic mass is 9.86. The molecule has 0 bridgehead atoms. The molecule has 0 radical (unpaired) electrons. The van der Waals surface area contributed by atoms with Crippen LogP contribution in [0.2, 0.25) is 0 Å². The molecule has 4 heteroatoms. The lowest BCUT2D eigenvalue weighted by molar-refractivity contribution is 0.163. The molecule has 2 N–H and O–H groups in total. The predicted molar refractivity (Wildman–Crippen MR) is 102 cm³/mol. The largest absolute Gasteiger partial charge is 0.396 e. The van der Waals surface area contributed by atoms with Crippen LogP contribution in [0.25, 0.3) is 0 Å². The van der Waals surface area contributed by atoms with Crippen LogP contribution in [-0.2, 0) is 0 Å². The second kappa shape index (κ2) is 13.2. The van der Waals surface area contributed by atoms with Crippen LogP contribution in [0, 0.1) is 23.7 Å². The highest BCUT2D eigenvalue weighted by Gasteiger charge is 2.19. The molecule has 0 amide bonds. The van der Waals surface area contributed by atoms with E-state index in [1.54, 1.807) is 0 Å². The second-order valence-corrected chi connectivity index (χ2v) is 8.45. The fraction of sp³-hybridized carbons (Fsp3) is 1.00. The summed E-state index contributed by atoms with van der Waals surface area (Å²) in [6, 6.07) is 0. The minimum Gasteiger partial charge on any atom is -0.396 e. The van der Waals surface area contributed by atoms with Crippen LogP contribution in [0.5, 0.6) is 0 Å². The van der Waals surface area contributed by atoms with Crippen LogP contribution in [0.4, 0.5) is 0 Å². The number of alkyl halides is 2. The summed E-state index contributed by atoms with van der Waals surface area (Å²) in [5.74, 6) is 3.44. The van der Waals surface area contributed by atoms with Gasteiger partial charge in [0.2, 0.25) is 0 Å². The molecule has 4 aliphatic rings. The summed E-state index contributed by atoms with van der Waals surface area (Å²) in [5, 5.41) is 19.1. The summed E-state index contributed by atoms with van der Waals surface area (Å²) in [7, 11) is 0. The number of aliphatic hydroxyl groups excluding tert-OH is 2. The van der Waals surface area contributed by atoms with Crippen molar-refractivity contribution < 1.29 is 10.2 Å². The topological polar surface area (TPSA) is 40.5 Å². The Labute approximate surface area is 153 Å². The van der Waals surface area contributed by atoms with Gasteiger partial charge >= 0.3 is 0 Å². The highest BCUT2D eigenvalue weighted by molar-refractivity contribution is 9.09. The van der Waals surface area contributed by atoms with Crippen LogP contribution in [0.15, 0.2) is 0 Å². The Kier molecular flexibility index (Phi) is 12.6. The van der Waals surface area contributed by atoms with Gasteiger partial charge in [-0.2, -0.15) is 0 Å². The van der Waals surface area contributed by atoms with E-state index >= 15 is 0 Å². The fourth-order valence-electron chi connectivity index (χ4n) is 1.90. The Morgan fingerprint density at radius 2 is 0.864 bits per heavy atom. The standard InChI is InChI=1S/C5H9Br.C5H10O.C4H7Br.C4H8O/c2*6-4-5-2-1-3-5;2*5-3-4-1-2-4/h5H,1-4H2;5-6H,1-4H2;4H,1-3H2;4-5H,1-3H2. The molecule has 0 aromatic carbocycles. The van der Waals surface area contributed by atoms with Gasteiger partial charge in [0.15, 0.2) is 0 Å². The summed E-state index contributed by atoms with van der Waals surface area (Å²) < 4.78 is 0. The van der Waals surface area contributed by atoms with E-state index in [1.165, 1.54) is 74.9 Å². The maximum absolute atomic E-state index is 8.39. The van der Waals surface area contributed by atoms with Gasteiger partial charge in [-0.05, 0) is 75.0 Å². The lowest BCUT2D eigenvalue weighted by Gasteiger charge is -2.21. The average molecular weight is 442 g/mol. The van der Waals surface area contributed by atoms with Gasteiger partial charge in [-0.15, -0.1) is 0 Å². The summed E-state index contributed by atoms with van der Waals surface area (Å²) in [6.45, 7) is 0.833. The molecule has 0 aromatic heterocycles. The Bertz CT molecular complexity index is 216. The van der Waals surface area contributed by atoms with E-state index in [-0.39, 0.29) is 0 Å². The molecule has 132 valence electrons. The van der Waals surface area contributed by atoms with Crippen LogP contribution in [0.1, 0.15) is 64.2 Å². The summed E-state index contributed by atoms with van der Waals surface area (Å²) in [6.07, 6.45) is 13.7. The van der Waals surface area contributed by atoms with Crippen LogP contribution >= 0.6 is 31.9 Å². The normalized spacial score (nSPS) is 23.5. The zero-order valence-corrected chi connectivity index (χ0v) is 17.0. The van der Waals surface area contributed by atoms with Gasteiger partial charge in [-0.1, -0.05) is 44.7 Å². The van der Waals surface area contributed by atoms with Gasteiger partial charge in [-0.3, -0.25) is 0 Å². The molecule has 0 aromatic rings. The summed E-state index contributed by atoms with van der Waals surface area (Å²) >= 11 is 6.80. The van der Waals surface area contributed by atoms with Gasteiger partial charge in [0.05, 0.1) is 0 Å². The van der Waals surface area contributed by atoms with Crippen molar-refractivity contribution in [3.63, 3.8) is 0 Å². The van der Waals surface area contributed by atoms with Crippen molar-refractivity contribution in [2.45, 2.75) is 64.2 Å². The number of rotatable bonds is 4. The van der Waals surface area contributed by atoms with Gasteiger partial charge < -0.3 is 10.2 Å². The molecule has 4 rings (SSSR count). The van der Waals surface area contributed by atoms with Crippen molar-refractivity contribution in [2.75, 3.05) is 23.9 Å². The lowest BCUT2D eigenvalue weighted by Crippen LogP contribution is -2.14. The van der Waals surface area contributed by atoms with E-state index in [0.29, 0.717) is 25.0 Å². The molecular weight excluding hydrogens is 408 g/mol. The van der Waals surface area contributed by atoms with Gasteiger partial charge in [0.1, 0.15) is 0 Å². The SMILES string of the molecule is BrCC1CC1.BrCC1CCC1.OCC1CC1.OCC1CCC1. The van der Waals surface area contributed by atoms with Crippen molar-refractivity contribution in [1.29, 1.82) is 0 Å². The molecule has 22 heavy (non-hydrogen) atoms. The Morgan fingerprint density at radius 3 is 0.864 bits per heavy atom. The van der Waals surface area contributed by atoms with Crippen molar-refractivity contribution in [1.82, 2.24) is 0 Å². The molecule has 0 atom stereocenters. The first-order valence-electron chi connectivity index (χ1n) is 9.07. The first-order valence-corrected chi connectivity index (χ1v) is 11.3. The van der Waals surface area contributed by atoms with E-state index in [2.05, 4.69) is 31.9 Å². The zero-order valence-electron chi connectivity index (χ0n) is 13.9. The first-order chi connectivity index (χ1) is 10.7. The predicted octanol–water partition coefficient (Wildman–Crippen LogP) is 5.14. The van der Waals surface area contributed by atoms with E-state index in [1.807, 2.05) is 0 Å². The molecule has 0 saturated heterocycles. The molecule has 0 spiro atoms.